The van der Waals surface area contributed by atoms with Crippen molar-refractivity contribution in [1.82, 2.24) is 9.88 Å². The summed E-state index contributed by atoms with van der Waals surface area (Å²) in [7, 11) is 0. The van der Waals surface area contributed by atoms with Gasteiger partial charge in [-0.15, -0.1) is 0 Å². The van der Waals surface area contributed by atoms with Gasteiger partial charge in [-0.25, -0.2) is 4.98 Å². The van der Waals surface area contributed by atoms with Crippen LogP contribution in [0.5, 0.6) is 0 Å². The first-order valence-corrected chi connectivity index (χ1v) is 8.79. The normalized spacial score (nSPS) is 15.1. The maximum Gasteiger partial charge on any atom is 0.272 e. The summed E-state index contributed by atoms with van der Waals surface area (Å²) in [5.74, 6) is 0.0425. The van der Waals surface area contributed by atoms with Crippen molar-refractivity contribution in [2.24, 2.45) is 0 Å². The molecule has 3 rings (SSSR count). The maximum atomic E-state index is 12.5. The van der Waals surface area contributed by atoms with Crippen LogP contribution in [-0.2, 0) is 0 Å². The summed E-state index contributed by atoms with van der Waals surface area (Å²) in [6, 6.07) is 11.6. The molecule has 5 heteroatoms. The Kier molecular flexibility index (Phi) is 5.28. The van der Waals surface area contributed by atoms with Gasteiger partial charge in [-0.2, -0.15) is 0 Å². The number of likely N-dealkylation sites (tertiary alicyclic amines) is 1. The topological polar surface area (TPSA) is 45.2 Å². The highest BCUT2D eigenvalue weighted by Crippen LogP contribution is 2.20. The van der Waals surface area contributed by atoms with Crippen LogP contribution in [0.25, 0.3) is 0 Å². The Morgan fingerprint density at radius 2 is 1.83 bits per heavy atom. The van der Waals surface area contributed by atoms with E-state index in [4.69, 9.17) is 0 Å². The number of benzene rings is 1. The fraction of sp³-hybridized carbons (Fsp3) is 0.333. The van der Waals surface area contributed by atoms with Gasteiger partial charge in [0.15, 0.2) is 0 Å². The van der Waals surface area contributed by atoms with Gasteiger partial charge in [0.2, 0.25) is 0 Å². The SMILES string of the molecule is O=C(c1ccc(Nc2cccc(Br)c2)cn1)N1CCCCCC1. The second-order valence-corrected chi connectivity index (χ2v) is 6.69. The molecule has 4 nitrogen and oxygen atoms in total. The number of hydrogen-bond acceptors (Lipinski definition) is 3. The largest absolute Gasteiger partial charge is 0.354 e. The van der Waals surface area contributed by atoms with Gasteiger partial charge in [0, 0.05) is 23.2 Å². The number of aromatic nitrogens is 1. The highest BCUT2D eigenvalue weighted by molar-refractivity contribution is 9.10. The molecule has 1 aliphatic rings. The Morgan fingerprint density at radius 1 is 1.04 bits per heavy atom. The minimum absolute atomic E-state index is 0.0425. The van der Waals surface area contributed by atoms with Crippen LogP contribution in [0.3, 0.4) is 0 Å². The first-order valence-electron chi connectivity index (χ1n) is 8.00. The molecule has 0 radical (unpaired) electrons. The third-order valence-corrected chi connectivity index (χ3v) is 4.48. The molecule has 2 heterocycles. The molecule has 0 spiro atoms. The van der Waals surface area contributed by atoms with Crippen LogP contribution in [0.15, 0.2) is 47.1 Å². The predicted octanol–water partition coefficient (Wildman–Crippen LogP) is 4.60. The average molecular weight is 374 g/mol. The van der Waals surface area contributed by atoms with Crippen LogP contribution in [0.2, 0.25) is 0 Å². The number of carbonyl (C=O) groups is 1. The quantitative estimate of drug-likeness (QED) is 0.854. The third kappa shape index (κ3) is 4.32. The fourth-order valence-corrected chi connectivity index (χ4v) is 3.16. The molecular weight excluding hydrogens is 354 g/mol. The van der Waals surface area contributed by atoms with E-state index in [1.165, 1.54) is 12.8 Å². The molecule has 23 heavy (non-hydrogen) atoms. The lowest BCUT2D eigenvalue weighted by Crippen LogP contribution is -2.32. The van der Waals surface area contributed by atoms with Crippen molar-refractivity contribution in [1.29, 1.82) is 0 Å². The number of hydrogen-bond donors (Lipinski definition) is 1. The molecule has 1 aromatic carbocycles. The summed E-state index contributed by atoms with van der Waals surface area (Å²) in [6.45, 7) is 1.69. The summed E-state index contributed by atoms with van der Waals surface area (Å²) in [5.41, 5.74) is 2.37. The summed E-state index contributed by atoms with van der Waals surface area (Å²) in [4.78, 5) is 18.8. The number of halogens is 1. The molecule has 120 valence electrons. The lowest BCUT2D eigenvalue weighted by Gasteiger charge is -2.19. The molecule has 0 atom stereocenters. The van der Waals surface area contributed by atoms with Gasteiger partial charge in [-0.3, -0.25) is 4.79 Å². The molecule has 0 unspecified atom stereocenters. The van der Waals surface area contributed by atoms with Crippen molar-refractivity contribution in [3.8, 4) is 0 Å². The maximum absolute atomic E-state index is 12.5. The second kappa shape index (κ2) is 7.59. The summed E-state index contributed by atoms with van der Waals surface area (Å²) in [6.07, 6.45) is 6.33. The molecule has 1 N–H and O–H groups in total. The molecular formula is C18H20BrN3O. The Hall–Kier alpha value is -1.88. The first-order chi connectivity index (χ1) is 11.2. The van der Waals surface area contributed by atoms with Crippen LogP contribution in [0.4, 0.5) is 11.4 Å². The van der Waals surface area contributed by atoms with Gasteiger partial charge in [0.25, 0.3) is 5.91 Å². The molecule has 1 aromatic heterocycles. The van der Waals surface area contributed by atoms with Crippen molar-refractivity contribution < 1.29 is 4.79 Å². The standard InChI is InChI=1S/C18H20BrN3O/c19-14-6-5-7-15(12-14)21-16-8-9-17(20-13-16)18(23)22-10-3-1-2-4-11-22/h5-9,12-13,21H,1-4,10-11H2. The van der Waals surface area contributed by atoms with Crippen LogP contribution in [0, 0.1) is 0 Å². The Labute approximate surface area is 145 Å². The van der Waals surface area contributed by atoms with E-state index in [2.05, 4.69) is 26.2 Å². The van der Waals surface area contributed by atoms with E-state index in [-0.39, 0.29) is 5.91 Å². The van der Waals surface area contributed by atoms with Crippen molar-refractivity contribution in [3.05, 3.63) is 52.8 Å². The molecule has 1 fully saturated rings. The molecule has 0 bridgehead atoms. The zero-order valence-corrected chi connectivity index (χ0v) is 14.6. The van der Waals surface area contributed by atoms with Gasteiger partial charge in [0.05, 0.1) is 11.9 Å². The van der Waals surface area contributed by atoms with Gasteiger partial charge >= 0.3 is 0 Å². The zero-order chi connectivity index (χ0) is 16.1. The minimum atomic E-state index is 0.0425. The molecule has 0 saturated carbocycles. The minimum Gasteiger partial charge on any atom is -0.354 e. The van der Waals surface area contributed by atoms with E-state index in [9.17, 15) is 4.79 Å². The van der Waals surface area contributed by atoms with Gasteiger partial charge in [-0.1, -0.05) is 34.8 Å². The molecule has 1 amide bonds. The number of carbonyl (C=O) groups excluding carboxylic acids is 1. The van der Waals surface area contributed by atoms with Crippen LogP contribution in [-0.4, -0.2) is 28.9 Å². The third-order valence-electron chi connectivity index (χ3n) is 3.99. The zero-order valence-electron chi connectivity index (χ0n) is 13.0. The number of nitrogens with zero attached hydrogens (tertiary/aromatic N) is 2. The van der Waals surface area contributed by atoms with Crippen LogP contribution >= 0.6 is 15.9 Å². The lowest BCUT2D eigenvalue weighted by atomic mass is 10.2. The second-order valence-electron chi connectivity index (χ2n) is 5.77. The van der Waals surface area contributed by atoms with Gasteiger partial charge in [-0.05, 0) is 43.2 Å². The van der Waals surface area contributed by atoms with E-state index in [1.807, 2.05) is 35.2 Å². The number of nitrogens with one attached hydrogen (secondary N) is 1. The molecule has 1 saturated heterocycles. The van der Waals surface area contributed by atoms with Gasteiger partial charge < -0.3 is 10.2 Å². The first kappa shape index (κ1) is 16.0. The summed E-state index contributed by atoms with van der Waals surface area (Å²) >= 11 is 3.45. The summed E-state index contributed by atoms with van der Waals surface area (Å²) in [5, 5.41) is 3.28. The van der Waals surface area contributed by atoms with Crippen LogP contribution in [0.1, 0.15) is 36.2 Å². The van der Waals surface area contributed by atoms with Crippen molar-refractivity contribution in [2.75, 3.05) is 18.4 Å². The Morgan fingerprint density at radius 3 is 2.48 bits per heavy atom. The predicted molar refractivity (Wildman–Crippen MR) is 96.0 cm³/mol. The van der Waals surface area contributed by atoms with Crippen molar-refractivity contribution >= 4 is 33.2 Å². The monoisotopic (exact) mass is 373 g/mol. The van der Waals surface area contributed by atoms with E-state index < -0.39 is 0 Å². The highest BCUT2D eigenvalue weighted by Gasteiger charge is 2.18. The smallest absolute Gasteiger partial charge is 0.272 e. The van der Waals surface area contributed by atoms with E-state index in [0.717, 1.165) is 41.8 Å². The Balaban J connectivity index is 1.67. The lowest BCUT2D eigenvalue weighted by molar-refractivity contribution is 0.0756. The van der Waals surface area contributed by atoms with Crippen molar-refractivity contribution in [2.45, 2.75) is 25.7 Å². The van der Waals surface area contributed by atoms with Crippen molar-refractivity contribution in [3.63, 3.8) is 0 Å². The number of rotatable bonds is 3. The molecule has 2 aromatic rings. The summed E-state index contributed by atoms with van der Waals surface area (Å²) < 4.78 is 1.02. The van der Waals surface area contributed by atoms with E-state index in [0.29, 0.717) is 5.69 Å². The number of amides is 1. The molecule has 1 aliphatic heterocycles. The van der Waals surface area contributed by atoms with E-state index >= 15 is 0 Å². The van der Waals surface area contributed by atoms with Crippen LogP contribution < -0.4 is 5.32 Å². The number of anilines is 2. The fourth-order valence-electron chi connectivity index (χ4n) is 2.76. The Bertz CT molecular complexity index is 664. The van der Waals surface area contributed by atoms with E-state index in [1.54, 1.807) is 12.3 Å². The average Bonchev–Trinajstić information content (AvgIpc) is 2.84. The highest BCUT2D eigenvalue weighted by atomic mass is 79.9. The number of pyridine rings is 1. The molecule has 0 aliphatic carbocycles. The van der Waals surface area contributed by atoms with Gasteiger partial charge in [0.1, 0.15) is 5.69 Å².